The summed E-state index contributed by atoms with van der Waals surface area (Å²) < 4.78 is 20.9. The van der Waals surface area contributed by atoms with Gasteiger partial charge in [-0.15, -0.1) is 0 Å². The average molecular weight is 395 g/mol. The standard InChI is InChI=1S/C20H18FN5O3/c1-29-16-6-2-4-12(21)18(16)20(28)25-14-5-3-9-26-17(27)10-15(24-19(14)26)13-7-8-22-11-23-13/h2,4,6-8,10-11,14H,3,5,9H2,1H3,(H,25,28). The Morgan fingerprint density at radius 1 is 1.31 bits per heavy atom. The number of nitrogens with one attached hydrogen (secondary N) is 1. The van der Waals surface area contributed by atoms with Crippen molar-refractivity contribution in [2.75, 3.05) is 7.11 Å². The van der Waals surface area contributed by atoms with E-state index in [4.69, 9.17) is 4.74 Å². The molecule has 0 bridgehead atoms. The molecule has 1 unspecified atom stereocenters. The number of benzene rings is 1. The second-order valence-corrected chi connectivity index (χ2v) is 6.57. The lowest BCUT2D eigenvalue weighted by Gasteiger charge is -2.27. The molecule has 0 fully saturated rings. The number of methoxy groups -OCH3 is 1. The molecular weight excluding hydrogens is 377 g/mol. The van der Waals surface area contributed by atoms with E-state index in [2.05, 4.69) is 20.3 Å². The quantitative estimate of drug-likeness (QED) is 0.727. The third-order valence-electron chi connectivity index (χ3n) is 4.80. The van der Waals surface area contributed by atoms with Crippen molar-refractivity contribution in [3.63, 3.8) is 0 Å². The fourth-order valence-corrected chi connectivity index (χ4v) is 3.43. The maximum absolute atomic E-state index is 14.3. The predicted octanol–water partition coefficient (Wildman–Crippen LogP) is 2.11. The minimum absolute atomic E-state index is 0.137. The van der Waals surface area contributed by atoms with Crippen LogP contribution in [0, 0.1) is 5.82 Å². The lowest BCUT2D eigenvalue weighted by molar-refractivity contribution is 0.0919. The number of amides is 1. The van der Waals surface area contributed by atoms with Crippen LogP contribution in [0.15, 0.2) is 47.7 Å². The van der Waals surface area contributed by atoms with Crippen LogP contribution in [0.2, 0.25) is 0 Å². The Balaban J connectivity index is 1.71. The van der Waals surface area contributed by atoms with Crippen LogP contribution in [-0.2, 0) is 6.54 Å². The van der Waals surface area contributed by atoms with Gasteiger partial charge in [0, 0.05) is 18.8 Å². The van der Waals surface area contributed by atoms with E-state index in [1.165, 1.54) is 42.3 Å². The summed E-state index contributed by atoms with van der Waals surface area (Å²) >= 11 is 0. The predicted molar refractivity (Wildman–Crippen MR) is 102 cm³/mol. The highest BCUT2D eigenvalue weighted by Gasteiger charge is 2.27. The van der Waals surface area contributed by atoms with E-state index in [9.17, 15) is 14.0 Å². The van der Waals surface area contributed by atoms with Crippen LogP contribution < -0.4 is 15.6 Å². The minimum Gasteiger partial charge on any atom is -0.496 e. The number of fused-ring (bicyclic) bond motifs is 1. The largest absolute Gasteiger partial charge is 0.496 e. The van der Waals surface area contributed by atoms with Gasteiger partial charge in [-0.05, 0) is 31.0 Å². The Kier molecular flexibility index (Phi) is 5.03. The molecule has 0 saturated carbocycles. The maximum atomic E-state index is 14.3. The second-order valence-electron chi connectivity index (χ2n) is 6.57. The van der Waals surface area contributed by atoms with E-state index in [-0.39, 0.29) is 16.9 Å². The molecular formula is C20H18FN5O3. The highest BCUT2D eigenvalue weighted by Crippen LogP contribution is 2.26. The summed E-state index contributed by atoms with van der Waals surface area (Å²) in [5.74, 6) is -0.753. The van der Waals surface area contributed by atoms with Gasteiger partial charge in [-0.25, -0.2) is 19.3 Å². The summed E-state index contributed by atoms with van der Waals surface area (Å²) in [5, 5.41) is 2.80. The van der Waals surface area contributed by atoms with E-state index in [1.807, 2.05) is 0 Å². The highest BCUT2D eigenvalue weighted by molar-refractivity contribution is 5.97. The molecule has 8 nitrogen and oxygen atoms in total. The number of carbonyl (C=O) groups is 1. The molecule has 1 amide bonds. The van der Waals surface area contributed by atoms with Gasteiger partial charge in [0.05, 0.1) is 24.5 Å². The maximum Gasteiger partial charge on any atom is 0.258 e. The number of ether oxygens (including phenoxy) is 1. The van der Waals surface area contributed by atoms with Crippen molar-refractivity contribution >= 4 is 5.91 Å². The number of rotatable bonds is 4. The first-order chi connectivity index (χ1) is 14.1. The summed E-state index contributed by atoms with van der Waals surface area (Å²) in [6.45, 7) is 0.501. The SMILES string of the molecule is COc1cccc(F)c1C(=O)NC1CCCn2c1nc(-c1ccncn1)cc2=O. The van der Waals surface area contributed by atoms with E-state index in [0.29, 0.717) is 36.6 Å². The third kappa shape index (κ3) is 3.58. The Labute approximate surface area is 165 Å². The summed E-state index contributed by atoms with van der Waals surface area (Å²) in [6, 6.07) is 6.70. The Hall–Kier alpha value is -3.62. The molecule has 1 aromatic carbocycles. The first-order valence-electron chi connectivity index (χ1n) is 9.10. The first-order valence-corrected chi connectivity index (χ1v) is 9.10. The normalized spacial score (nSPS) is 15.4. The number of hydrogen-bond donors (Lipinski definition) is 1. The Morgan fingerprint density at radius 2 is 2.17 bits per heavy atom. The summed E-state index contributed by atoms with van der Waals surface area (Å²) in [7, 11) is 1.37. The zero-order valence-electron chi connectivity index (χ0n) is 15.6. The Bertz CT molecular complexity index is 1120. The van der Waals surface area contributed by atoms with Crippen molar-refractivity contribution in [3.05, 3.63) is 70.4 Å². The van der Waals surface area contributed by atoms with Crippen molar-refractivity contribution in [3.8, 4) is 17.1 Å². The van der Waals surface area contributed by atoms with Gasteiger partial charge in [0.15, 0.2) is 0 Å². The van der Waals surface area contributed by atoms with E-state index in [0.717, 1.165) is 0 Å². The monoisotopic (exact) mass is 395 g/mol. The van der Waals surface area contributed by atoms with Gasteiger partial charge in [0.1, 0.15) is 29.3 Å². The molecule has 3 aromatic rings. The van der Waals surface area contributed by atoms with Gasteiger partial charge in [-0.1, -0.05) is 6.07 Å². The molecule has 3 heterocycles. The molecule has 0 radical (unpaired) electrons. The smallest absolute Gasteiger partial charge is 0.258 e. The van der Waals surface area contributed by atoms with Crippen molar-refractivity contribution in [2.24, 2.45) is 0 Å². The van der Waals surface area contributed by atoms with Crippen molar-refractivity contribution in [2.45, 2.75) is 25.4 Å². The summed E-state index contributed by atoms with van der Waals surface area (Å²) in [4.78, 5) is 38.0. The molecule has 1 atom stereocenters. The van der Waals surface area contributed by atoms with Crippen molar-refractivity contribution in [1.82, 2.24) is 24.8 Å². The number of halogens is 1. The molecule has 4 rings (SSSR count). The van der Waals surface area contributed by atoms with Gasteiger partial charge in [-0.3, -0.25) is 14.2 Å². The second kappa shape index (κ2) is 7.78. The van der Waals surface area contributed by atoms with Crippen LogP contribution in [0.25, 0.3) is 11.4 Å². The summed E-state index contributed by atoms with van der Waals surface area (Å²) in [6.07, 6.45) is 4.19. The van der Waals surface area contributed by atoms with Crippen LogP contribution in [0.1, 0.15) is 35.1 Å². The molecule has 1 N–H and O–H groups in total. The lowest BCUT2D eigenvalue weighted by atomic mass is 10.0. The van der Waals surface area contributed by atoms with Crippen molar-refractivity contribution in [1.29, 1.82) is 0 Å². The van der Waals surface area contributed by atoms with Crippen LogP contribution in [-0.4, -0.2) is 32.5 Å². The topological polar surface area (TPSA) is 99.0 Å². The molecule has 9 heteroatoms. The van der Waals surface area contributed by atoms with Crippen LogP contribution in [0.3, 0.4) is 0 Å². The molecule has 1 aliphatic heterocycles. The lowest BCUT2D eigenvalue weighted by Crippen LogP contribution is -2.38. The fraction of sp³-hybridized carbons (Fsp3) is 0.250. The molecule has 148 valence electrons. The number of hydrogen-bond acceptors (Lipinski definition) is 6. The molecule has 0 saturated heterocycles. The average Bonchev–Trinajstić information content (AvgIpc) is 2.74. The first kappa shape index (κ1) is 18.7. The number of carbonyl (C=O) groups excluding carboxylic acids is 1. The van der Waals surface area contributed by atoms with E-state index >= 15 is 0 Å². The van der Waals surface area contributed by atoms with Gasteiger partial charge in [0.25, 0.3) is 11.5 Å². The summed E-state index contributed by atoms with van der Waals surface area (Å²) in [5.41, 5.74) is 0.493. The molecule has 0 spiro atoms. The van der Waals surface area contributed by atoms with Crippen LogP contribution in [0.5, 0.6) is 5.75 Å². The number of aromatic nitrogens is 4. The van der Waals surface area contributed by atoms with Gasteiger partial charge in [0.2, 0.25) is 0 Å². The van der Waals surface area contributed by atoms with Gasteiger partial charge < -0.3 is 10.1 Å². The minimum atomic E-state index is -0.683. The molecule has 29 heavy (non-hydrogen) atoms. The van der Waals surface area contributed by atoms with E-state index in [1.54, 1.807) is 12.3 Å². The van der Waals surface area contributed by atoms with Crippen LogP contribution >= 0.6 is 0 Å². The molecule has 2 aromatic heterocycles. The number of nitrogens with zero attached hydrogens (tertiary/aromatic N) is 4. The highest BCUT2D eigenvalue weighted by atomic mass is 19.1. The van der Waals surface area contributed by atoms with E-state index < -0.39 is 17.8 Å². The van der Waals surface area contributed by atoms with Crippen molar-refractivity contribution < 1.29 is 13.9 Å². The zero-order chi connectivity index (χ0) is 20.4. The molecule has 1 aliphatic rings. The van der Waals surface area contributed by atoms with Crippen LogP contribution in [0.4, 0.5) is 4.39 Å². The van der Waals surface area contributed by atoms with Gasteiger partial charge >= 0.3 is 0 Å². The van der Waals surface area contributed by atoms with Gasteiger partial charge in [-0.2, -0.15) is 0 Å². The Morgan fingerprint density at radius 3 is 2.93 bits per heavy atom. The zero-order valence-corrected chi connectivity index (χ0v) is 15.6. The third-order valence-corrected chi connectivity index (χ3v) is 4.80. The molecule has 0 aliphatic carbocycles. The fourth-order valence-electron chi connectivity index (χ4n) is 3.43.